The predicted octanol–water partition coefficient (Wildman–Crippen LogP) is 2.15. The van der Waals surface area contributed by atoms with E-state index in [2.05, 4.69) is 32.0 Å². The molecule has 1 fully saturated rings. The third-order valence-corrected chi connectivity index (χ3v) is 7.06. The molecule has 3 aromatic heterocycles. The maximum atomic E-state index is 13.1. The molecule has 0 bridgehead atoms. The average Bonchev–Trinajstić information content (AvgIpc) is 3.09. The summed E-state index contributed by atoms with van der Waals surface area (Å²) in [5, 5.41) is 9.45. The number of hydrogen-bond donors (Lipinski definition) is 0. The first kappa shape index (κ1) is 17.8. The van der Waals surface area contributed by atoms with Crippen LogP contribution in [-0.2, 0) is 19.5 Å². The molecule has 28 heavy (non-hydrogen) atoms. The van der Waals surface area contributed by atoms with Crippen molar-refractivity contribution < 1.29 is 0 Å². The molecule has 0 spiro atoms. The summed E-state index contributed by atoms with van der Waals surface area (Å²) >= 11 is 1.66. The lowest BCUT2D eigenvalue weighted by molar-refractivity contribution is 0.189. The van der Waals surface area contributed by atoms with Crippen LogP contribution in [0.25, 0.3) is 10.2 Å². The number of rotatable bonds is 3. The van der Waals surface area contributed by atoms with Gasteiger partial charge in [-0.15, -0.1) is 16.4 Å². The minimum Gasteiger partial charge on any atom is -0.369 e. The van der Waals surface area contributed by atoms with E-state index in [0.717, 1.165) is 55.7 Å². The van der Waals surface area contributed by atoms with Crippen LogP contribution in [0.2, 0.25) is 0 Å². The molecule has 0 amide bonds. The van der Waals surface area contributed by atoms with Gasteiger partial charge in [0.05, 0.1) is 12.1 Å². The Morgan fingerprint density at radius 1 is 1.18 bits per heavy atom. The van der Waals surface area contributed by atoms with Crippen molar-refractivity contribution in [2.45, 2.75) is 32.9 Å². The SMILES string of the molecule is C[C@H]1CCc2c(sc3nnn(CN4CCN(c5ccncc5)CC4)c(=O)c23)C1. The highest BCUT2D eigenvalue weighted by Crippen LogP contribution is 2.35. The molecule has 4 heterocycles. The van der Waals surface area contributed by atoms with E-state index >= 15 is 0 Å². The van der Waals surface area contributed by atoms with Gasteiger partial charge in [-0.3, -0.25) is 14.7 Å². The number of aryl methyl sites for hydroxylation is 1. The molecule has 0 radical (unpaired) electrons. The smallest absolute Gasteiger partial charge is 0.280 e. The molecular formula is C20H24N6OS. The van der Waals surface area contributed by atoms with Crippen molar-refractivity contribution in [3.8, 4) is 0 Å². The fourth-order valence-corrected chi connectivity index (χ4v) is 5.59. The molecule has 8 heteroatoms. The molecule has 2 aliphatic rings. The van der Waals surface area contributed by atoms with E-state index in [1.807, 2.05) is 24.5 Å². The summed E-state index contributed by atoms with van der Waals surface area (Å²) in [4.78, 5) is 24.0. The van der Waals surface area contributed by atoms with Crippen molar-refractivity contribution >= 4 is 27.2 Å². The van der Waals surface area contributed by atoms with E-state index in [0.29, 0.717) is 12.6 Å². The first-order chi connectivity index (χ1) is 13.7. The fourth-order valence-electron chi connectivity index (χ4n) is 4.28. The molecule has 0 N–H and O–H groups in total. The van der Waals surface area contributed by atoms with Crippen LogP contribution < -0.4 is 10.5 Å². The van der Waals surface area contributed by atoms with E-state index in [9.17, 15) is 4.79 Å². The van der Waals surface area contributed by atoms with Crippen LogP contribution in [0.4, 0.5) is 5.69 Å². The molecule has 1 saturated heterocycles. The molecule has 0 unspecified atom stereocenters. The predicted molar refractivity (Wildman–Crippen MR) is 111 cm³/mol. The van der Waals surface area contributed by atoms with Gasteiger partial charge in [0.1, 0.15) is 0 Å². The Labute approximate surface area is 167 Å². The second-order valence-corrected chi connectivity index (χ2v) is 8.96. The Morgan fingerprint density at radius 3 is 2.75 bits per heavy atom. The van der Waals surface area contributed by atoms with Crippen LogP contribution >= 0.6 is 11.3 Å². The topological polar surface area (TPSA) is 67.2 Å². The van der Waals surface area contributed by atoms with Crippen molar-refractivity contribution in [3.63, 3.8) is 0 Å². The molecule has 5 rings (SSSR count). The van der Waals surface area contributed by atoms with Gasteiger partial charge in [-0.1, -0.05) is 12.1 Å². The number of aromatic nitrogens is 4. The summed E-state index contributed by atoms with van der Waals surface area (Å²) in [6.45, 7) is 6.44. The normalized spacial score (nSPS) is 20.5. The van der Waals surface area contributed by atoms with Gasteiger partial charge in [-0.05, 0) is 42.9 Å². The lowest BCUT2D eigenvalue weighted by Gasteiger charge is -2.35. The number of thiophene rings is 1. The van der Waals surface area contributed by atoms with E-state index in [1.165, 1.54) is 16.1 Å². The van der Waals surface area contributed by atoms with Gasteiger partial charge in [0.25, 0.3) is 5.56 Å². The maximum absolute atomic E-state index is 13.1. The highest BCUT2D eigenvalue weighted by Gasteiger charge is 2.24. The highest BCUT2D eigenvalue weighted by molar-refractivity contribution is 7.18. The molecule has 1 aliphatic heterocycles. The number of piperazine rings is 1. The zero-order valence-corrected chi connectivity index (χ0v) is 16.9. The summed E-state index contributed by atoms with van der Waals surface area (Å²) < 4.78 is 1.55. The quantitative estimate of drug-likeness (QED) is 0.676. The van der Waals surface area contributed by atoms with Crippen LogP contribution in [0.5, 0.6) is 0 Å². The summed E-state index contributed by atoms with van der Waals surface area (Å²) in [6, 6.07) is 4.08. The third-order valence-electron chi connectivity index (χ3n) is 5.92. The summed E-state index contributed by atoms with van der Waals surface area (Å²) in [5.74, 6) is 0.687. The molecular weight excluding hydrogens is 372 g/mol. The van der Waals surface area contributed by atoms with Crippen molar-refractivity contribution in [1.29, 1.82) is 0 Å². The Bertz CT molecular complexity index is 1040. The Balaban J connectivity index is 1.34. The summed E-state index contributed by atoms with van der Waals surface area (Å²) in [5.41, 5.74) is 2.45. The van der Waals surface area contributed by atoms with E-state index in [4.69, 9.17) is 0 Å². The van der Waals surface area contributed by atoms with Crippen LogP contribution in [0.1, 0.15) is 23.8 Å². The van der Waals surface area contributed by atoms with Gasteiger partial charge in [0.15, 0.2) is 4.83 Å². The number of nitrogens with zero attached hydrogens (tertiary/aromatic N) is 6. The third kappa shape index (κ3) is 3.20. The molecule has 7 nitrogen and oxygen atoms in total. The van der Waals surface area contributed by atoms with E-state index < -0.39 is 0 Å². The zero-order chi connectivity index (χ0) is 19.1. The average molecular weight is 397 g/mol. The second kappa shape index (κ2) is 7.25. The molecule has 3 aromatic rings. The van der Waals surface area contributed by atoms with E-state index in [-0.39, 0.29) is 5.56 Å². The van der Waals surface area contributed by atoms with Gasteiger partial charge in [0, 0.05) is 49.1 Å². The van der Waals surface area contributed by atoms with Crippen molar-refractivity contribution in [3.05, 3.63) is 45.3 Å². The fraction of sp³-hybridized carbons (Fsp3) is 0.500. The van der Waals surface area contributed by atoms with Gasteiger partial charge < -0.3 is 4.90 Å². The van der Waals surface area contributed by atoms with Gasteiger partial charge >= 0.3 is 0 Å². The first-order valence-corrected chi connectivity index (χ1v) is 10.8. The standard InChI is InChI=1S/C20H24N6OS/c1-14-2-3-16-17(12-14)28-19-18(16)20(27)26(23-22-19)13-24-8-10-25(11-9-24)15-4-6-21-7-5-15/h4-7,14H,2-3,8-13H2,1H3/t14-/m0/s1. The number of pyridine rings is 1. The monoisotopic (exact) mass is 396 g/mol. The molecule has 1 aliphatic carbocycles. The highest BCUT2D eigenvalue weighted by atomic mass is 32.1. The first-order valence-electron chi connectivity index (χ1n) is 9.94. The minimum atomic E-state index is 0.0219. The van der Waals surface area contributed by atoms with Gasteiger partial charge in [0.2, 0.25) is 0 Å². The van der Waals surface area contributed by atoms with Gasteiger partial charge in [-0.25, -0.2) is 0 Å². The van der Waals surface area contributed by atoms with Crippen LogP contribution in [-0.4, -0.2) is 51.1 Å². The zero-order valence-electron chi connectivity index (χ0n) is 16.0. The van der Waals surface area contributed by atoms with Crippen molar-refractivity contribution in [1.82, 2.24) is 24.9 Å². The van der Waals surface area contributed by atoms with Gasteiger partial charge in [-0.2, -0.15) is 4.68 Å². The molecule has 0 aromatic carbocycles. The van der Waals surface area contributed by atoms with Crippen LogP contribution in [0.15, 0.2) is 29.3 Å². The lowest BCUT2D eigenvalue weighted by Crippen LogP contribution is -2.48. The molecule has 0 saturated carbocycles. The van der Waals surface area contributed by atoms with Crippen LogP contribution in [0, 0.1) is 5.92 Å². The second-order valence-electron chi connectivity index (χ2n) is 7.88. The summed E-state index contributed by atoms with van der Waals surface area (Å²) in [7, 11) is 0. The summed E-state index contributed by atoms with van der Waals surface area (Å²) in [6.07, 6.45) is 6.86. The number of hydrogen-bond acceptors (Lipinski definition) is 7. The van der Waals surface area contributed by atoms with Crippen molar-refractivity contribution in [2.24, 2.45) is 5.92 Å². The minimum absolute atomic E-state index is 0.0219. The lowest BCUT2D eigenvalue weighted by atomic mass is 9.89. The Kier molecular flexibility index (Phi) is 4.60. The maximum Gasteiger partial charge on any atom is 0.280 e. The van der Waals surface area contributed by atoms with E-state index in [1.54, 1.807) is 16.0 Å². The Morgan fingerprint density at radius 2 is 1.96 bits per heavy atom. The number of anilines is 1. The largest absolute Gasteiger partial charge is 0.369 e. The van der Waals surface area contributed by atoms with Crippen molar-refractivity contribution in [2.75, 3.05) is 31.1 Å². The Hall–Kier alpha value is -2.32. The molecule has 1 atom stereocenters. The number of fused-ring (bicyclic) bond motifs is 3. The van der Waals surface area contributed by atoms with Crippen LogP contribution in [0.3, 0.4) is 0 Å². The molecule has 146 valence electrons.